The Balaban J connectivity index is 0.000000318. The third-order valence-electron chi connectivity index (χ3n) is 11.7. The molecule has 4 saturated carbocycles. The maximum atomic E-state index is 9.87. The average Bonchev–Trinajstić information content (AvgIpc) is 3.96. The summed E-state index contributed by atoms with van der Waals surface area (Å²) in [5.74, 6) is 6.34. The summed E-state index contributed by atoms with van der Waals surface area (Å²) in [6, 6.07) is 3.19. The van der Waals surface area contributed by atoms with Crippen LogP contribution in [0.4, 0.5) is 0 Å². The molecule has 1 spiro atoms. The molecule has 4 aliphatic rings. The minimum absolute atomic E-state index is 0. The van der Waals surface area contributed by atoms with Crippen molar-refractivity contribution < 1.29 is 9.59 Å². The van der Waals surface area contributed by atoms with Crippen LogP contribution in [0.2, 0.25) is 0 Å². The van der Waals surface area contributed by atoms with Gasteiger partial charge < -0.3 is 0 Å². The number of imide groups is 1. The summed E-state index contributed by atoms with van der Waals surface area (Å²) >= 11 is 0. The van der Waals surface area contributed by atoms with E-state index in [1.807, 2.05) is 30.8 Å². The van der Waals surface area contributed by atoms with Gasteiger partial charge in [-0.2, -0.15) is 10.2 Å². The van der Waals surface area contributed by atoms with Crippen LogP contribution in [0, 0.1) is 40.9 Å². The van der Waals surface area contributed by atoms with E-state index in [0.29, 0.717) is 30.9 Å². The molecule has 0 aliphatic heterocycles. The Labute approximate surface area is 322 Å². The molecule has 0 saturated heterocycles. The second-order valence-corrected chi connectivity index (χ2v) is 16.8. The largest absolute Gasteiger partial charge is 0.285 e. The van der Waals surface area contributed by atoms with E-state index in [1.165, 1.54) is 38.5 Å². The fraction of sp³-hybridized carbons (Fsp3) is 0.805. The predicted molar refractivity (Wildman–Crippen MR) is 215 cm³/mol. The highest BCUT2D eigenvalue weighted by molar-refractivity contribution is 5.68. The summed E-state index contributed by atoms with van der Waals surface area (Å²) in [6.07, 6.45) is 23.5. The summed E-state index contributed by atoms with van der Waals surface area (Å²) in [5.41, 5.74) is 0.832. The van der Waals surface area contributed by atoms with Crippen LogP contribution in [0.25, 0.3) is 0 Å². The van der Waals surface area contributed by atoms with E-state index in [-0.39, 0.29) is 13.5 Å². The first-order chi connectivity index (χ1) is 24.6. The molecule has 2 amide bonds. The number of tetrazole rings is 1. The maximum absolute atomic E-state index is 9.87. The highest BCUT2D eigenvalue weighted by Crippen LogP contribution is 2.54. The Morgan fingerprint density at radius 1 is 0.736 bits per heavy atom. The molecule has 0 radical (unpaired) electrons. The van der Waals surface area contributed by atoms with Gasteiger partial charge in [0.05, 0.1) is 0 Å². The average molecular weight is 741 g/mol. The molecule has 12 nitrogen and oxygen atoms in total. The minimum atomic E-state index is -0.0231. The van der Waals surface area contributed by atoms with Crippen molar-refractivity contribution in [3.8, 4) is 0 Å². The van der Waals surface area contributed by atoms with Gasteiger partial charge in [-0.15, -0.1) is 5.10 Å². The zero-order chi connectivity index (χ0) is 38.8. The molecule has 4 fully saturated rings. The SMILES string of the molecule is C.CC(C)N(C=O)C=O.CC(C)n1cccn1.CC(C)n1cncn1.CC(C)n1cnnn1.CC1C2CCC(C2)C1C.CC1CC2(CCCC2)CC1C. The number of carbonyl (C=O) groups is 2. The molecule has 2 bridgehead atoms. The number of nitrogens with zero attached hydrogens (tertiary/aromatic N) is 10. The van der Waals surface area contributed by atoms with Gasteiger partial charge >= 0.3 is 0 Å². The van der Waals surface area contributed by atoms with E-state index < -0.39 is 0 Å². The number of amides is 2. The highest BCUT2D eigenvalue weighted by Gasteiger charge is 2.43. The first-order valence-electron chi connectivity index (χ1n) is 19.9. The third-order valence-corrected chi connectivity index (χ3v) is 11.7. The van der Waals surface area contributed by atoms with Crippen LogP contribution in [0.3, 0.4) is 0 Å². The van der Waals surface area contributed by atoms with Crippen molar-refractivity contribution in [1.29, 1.82) is 0 Å². The van der Waals surface area contributed by atoms with Gasteiger partial charge in [-0.1, -0.05) is 48.0 Å². The van der Waals surface area contributed by atoms with Gasteiger partial charge in [0.1, 0.15) is 19.0 Å². The molecule has 12 heteroatoms. The molecule has 3 heterocycles. The van der Waals surface area contributed by atoms with E-state index in [2.05, 4.69) is 86.1 Å². The summed E-state index contributed by atoms with van der Waals surface area (Å²) < 4.78 is 5.42. The fourth-order valence-electron chi connectivity index (χ4n) is 7.99. The van der Waals surface area contributed by atoms with Crippen LogP contribution in [-0.2, 0) is 9.59 Å². The summed E-state index contributed by atoms with van der Waals surface area (Å²) in [6.45, 7) is 25.7. The fourth-order valence-corrected chi connectivity index (χ4v) is 7.99. The lowest BCUT2D eigenvalue weighted by atomic mass is 9.82. The molecule has 0 aromatic carbocycles. The molecule has 302 valence electrons. The van der Waals surface area contributed by atoms with Gasteiger partial charge in [0.25, 0.3) is 0 Å². The Bertz CT molecular complexity index is 1190. The summed E-state index contributed by atoms with van der Waals surface area (Å²) in [4.78, 5) is 24.6. The van der Waals surface area contributed by atoms with Gasteiger partial charge in [-0.3, -0.25) is 23.9 Å². The quantitative estimate of drug-likeness (QED) is 0.229. The van der Waals surface area contributed by atoms with Gasteiger partial charge in [0.15, 0.2) is 0 Å². The van der Waals surface area contributed by atoms with Crippen LogP contribution in [0.15, 0.2) is 37.4 Å². The van der Waals surface area contributed by atoms with E-state index in [0.717, 1.165) is 45.8 Å². The van der Waals surface area contributed by atoms with Crippen LogP contribution in [0.5, 0.6) is 0 Å². The Hall–Kier alpha value is -3.44. The lowest BCUT2D eigenvalue weighted by molar-refractivity contribution is -0.131. The monoisotopic (exact) mass is 741 g/mol. The zero-order valence-electron chi connectivity index (χ0n) is 34.5. The van der Waals surface area contributed by atoms with Crippen LogP contribution in [0.1, 0.15) is 166 Å². The van der Waals surface area contributed by atoms with Crippen LogP contribution < -0.4 is 0 Å². The van der Waals surface area contributed by atoms with Crippen molar-refractivity contribution >= 4 is 12.8 Å². The lowest BCUT2D eigenvalue weighted by Crippen LogP contribution is -2.27. The van der Waals surface area contributed by atoms with Crippen molar-refractivity contribution in [1.82, 2.24) is 49.7 Å². The molecule has 6 unspecified atom stereocenters. The second kappa shape index (κ2) is 24.1. The zero-order valence-corrected chi connectivity index (χ0v) is 34.5. The Morgan fingerprint density at radius 3 is 1.51 bits per heavy atom. The standard InChI is InChI=1S/C11H20.C9H16.C6H10N2.C5H9N3.C5H9NO2.C4H8N4.CH4/c1-9-7-11(8-10(9)2)5-3-4-6-11;1-6-7(2)9-4-3-8(6)5-9;1-6(2)8-5-3-4-7-8;1-5(2)8-4-6-3-7-8;1-5(2)6(3-7)4-8;1-4(2)8-3-5-6-7-8;/h9-10H,3-8H2,1-2H3;6-9H,3-5H2,1-2H3;3-6H,1-2H3;2*3-5H,1-2H3;3-4H,1-2H3;1H4. The molecular formula is C41H76N10O2. The smallest absolute Gasteiger partial charge is 0.216 e. The van der Waals surface area contributed by atoms with Gasteiger partial charge in [0, 0.05) is 36.6 Å². The lowest BCUT2D eigenvalue weighted by Gasteiger charge is -2.24. The number of fused-ring (bicyclic) bond motifs is 2. The topological polar surface area (TPSA) is 130 Å². The second-order valence-electron chi connectivity index (χ2n) is 16.8. The third kappa shape index (κ3) is 15.8. The van der Waals surface area contributed by atoms with Gasteiger partial charge in [0.2, 0.25) is 12.8 Å². The number of hydrogen-bond donors (Lipinski definition) is 0. The Kier molecular flexibility index (Phi) is 21.6. The number of aromatic nitrogens is 9. The molecule has 4 aliphatic carbocycles. The molecule has 7 rings (SSSR count). The van der Waals surface area contributed by atoms with Crippen molar-refractivity contribution in [3.05, 3.63) is 37.4 Å². The van der Waals surface area contributed by atoms with Crippen molar-refractivity contribution in [2.75, 3.05) is 0 Å². The molecule has 3 aromatic heterocycles. The first kappa shape index (κ1) is 47.6. The predicted octanol–water partition coefficient (Wildman–Crippen LogP) is 9.52. The first-order valence-corrected chi connectivity index (χ1v) is 19.9. The Morgan fingerprint density at radius 2 is 1.26 bits per heavy atom. The molecule has 53 heavy (non-hydrogen) atoms. The van der Waals surface area contributed by atoms with Crippen molar-refractivity contribution in [3.63, 3.8) is 0 Å². The molecule has 0 N–H and O–H groups in total. The van der Waals surface area contributed by atoms with E-state index in [4.69, 9.17) is 0 Å². The van der Waals surface area contributed by atoms with Gasteiger partial charge in [-0.05, 0) is 158 Å². The van der Waals surface area contributed by atoms with E-state index >= 15 is 0 Å². The van der Waals surface area contributed by atoms with Crippen LogP contribution >= 0.6 is 0 Å². The number of rotatable bonds is 6. The van der Waals surface area contributed by atoms with Crippen molar-refractivity contribution in [2.24, 2.45) is 40.9 Å². The highest BCUT2D eigenvalue weighted by atomic mass is 16.2. The molecule has 6 atom stereocenters. The van der Waals surface area contributed by atoms with Crippen molar-refractivity contribution in [2.45, 2.75) is 172 Å². The van der Waals surface area contributed by atoms with E-state index in [1.54, 1.807) is 67.7 Å². The minimum Gasteiger partial charge on any atom is -0.285 e. The normalized spacial score (nSPS) is 24.4. The van der Waals surface area contributed by atoms with Gasteiger partial charge in [-0.25, -0.2) is 9.67 Å². The van der Waals surface area contributed by atoms with E-state index in [9.17, 15) is 9.59 Å². The number of hydrogen-bond acceptors (Lipinski definition) is 8. The maximum Gasteiger partial charge on any atom is 0.216 e. The molecular weight excluding hydrogens is 665 g/mol. The van der Waals surface area contributed by atoms with Crippen LogP contribution in [-0.4, -0.2) is 68.5 Å². The summed E-state index contributed by atoms with van der Waals surface area (Å²) in [7, 11) is 0. The molecule has 3 aromatic rings. The number of carbonyl (C=O) groups excluding carboxylic acids is 2. The summed E-state index contributed by atoms with van der Waals surface area (Å²) in [5, 5.41) is 18.6.